The summed E-state index contributed by atoms with van der Waals surface area (Å²) < 4.78 is 1.75. The van der Waals surface area contributed by atoms with Crippen molar-refractivity contribution in [2.45, 2.75) is 26.8 Å². The Balaban J connectivity index is 1.59. The highest BCUT2D eigenvalue weighted by Crippen LogP contribution is 2.32. The van der Waals surface area contributed by atoms with E-state index < -0.39 is 10.8 Å². The number of para-hydroxylation sites is 1. The van der Waals surface area contributed by atoms with Crippen molar-refractivity contribution in [2.24, 2.45) is 0 Å². The number of nitrogens with one attached hydrogen (secondary N) is 1. The summed E-state index contributed by atoms with van der Waals surface area (Å²) in [6.45, 7) is 3.80. The minimum absolute atomic E-state index is 0.0278. The molecular weight excluding hydrogens is 514 g/mol. The number of nitro benzene ring substituents is 1. The predicted octanol–water partition coefficient (Wildman–Crippen LogP) is 5.32. The van der Waals surface area contributed by atoms with E-state index in [1.807, 2.05) is 13.0 Å². The molecule has 188 valence electrons. The molecule has 0 aliphatic carbocycles. The third-order valence-corrected chi connectivity index (χ3v) is 7.13. The molecule has 0 aliphatic rings. The second-order valence-electron chi connectivity index (χ2n) is 7.96. The molecule has 2 heterocycles. The summed E-state index contributed by atoms with van der Waals surface area (Å²) in [5.41, 5.74) is 1.09. The number of amides is 1. The maximum absolute atomic E-state index is 13.4. The van der Waals surface area contributed by atoms with Gasteiger partial charge in [0.25, 0.3) is 5.69 Å². The molecule has 1 N–H and O–H groups in total. The lowest BCUT2D eigenvalue weighted by atomic mass is 10.0. The number of benzene rings is 2. The molecule has 4 aromatic rings. The molecule has 4 rings (SSSR count). The number of aromatic nitrogens is 3. The fourth-order valence-corrected chi connectivity index (χ4v) is 5.08. The fourth-order valence-electron chi connectivity index (χ4n) is 3.69. The summed E-state index contributed by atoms with van der Waals surface area (Å²) in [7, 11) is 0. The molecule has 37 heavy (non-hydrogen) atoms. The Kier molecular flexibility index (Phi) is 7.90. The van der Waals surface area contributed by atoms with Crippen molar-refractivity contribution in [3.05, 3.63) is 109 Å². The highest BCUT2D eigenvalue weighted by molar-refractivity contribution is 7.15. The number of halogens is 1. The SMILES string of the molecule is CCc1cc(C(=O)c2ccccc2Cl)c(-n2c(C)nnc2CNC(=O)/C=C/c2ccccc2[N+](=O)[O-])s1. The minimum Gasteiger partial charge on any atom is -0.345 e. The van der Waals surface area contributed by atoms with E-state index in [4.69, 9.17) is 11.6 Å². The number of ketones is 1. The number of carbonyl (C=O) groups excluding carboxylic acids is 2. The van der Waals surface area contributed by atoms with Crippen molar-refractivity contribution in [1.29, 1.82) is 0 Å². The van der Waals surface area contributed by atoms with E-state index in [0.717, 1.165) is 11.3 Å². The molecule has 9 nitrogen and oxygen atoms in total. The Morgan fingerprint density at radius 2 is 1.86 bits per heavy atom. The monoisotopic (exact) mass is 535 g/mol. The average molecular weight is 536 g/mol. The maximum atomic E-state index is 13.4. The van der Waals surface area contributed by atoms with E-state index in [2.05, 4.69) is 15.5 Å². The molecule has 0 saturated heterocycles. The van der Waals surface area contributed by atoms with Gasteiger partial charge in [-0.05, 0) is 43.7 Å². The van der Waals surface area contributed by atoms with E-state index in [-0.39, 0.29) is 18.0 Å². The Morgan fingerprint density at radius 1 is 1.14 bits per heavy atom. The van der Waals surface area contributed by atoms with Crippen molar-refractivity contribution in [3.8, 4) is 5.00 Å². The summed E-state index contributed by atoms with van der Waals surface area (Å²) in [6, 6.07) is 14.9. The van der Waals surface area contributed by atoms with Crippen molar-refractivity contribution >= 4 is 46.4 Å². The lowest BCUT2D eigenvalue weighted by Gasteiger charge is -2.10. The molecule has 0 atom stereocenters. The van der Waals surface area contributed by atoms with Gasteiger partial charge < -0.3 is 5.32 Å². The van der Waals surface area contributed by atoms with E-state index in [1.165, 1.54) is 29.6 Å². The zero-order chi connectivity index (χ0) is 26.5. The van der Waals surface area contributed by atoms with Crippen LogP contribution in [0.15, 0.2) is 60.7 Å². The van der Waals surface area contributed by atoms with Crippen LogP contribution >= 0.6 is 22.9 Å². The van der Waals surface area contributed by atoms with Gasteiger partial charge in [-0.25, -0.2) is 0 Å². The van der Waals surface area contributed by atoms with Crippen LogP contribution < -0.4 is 5.32 Å². The minimum atomic E-state index is -0.504. The normalized spacial score (nSPS) is 11.1. The Hall–Kier alpha value is -4.15. The quantitative estimate of drug-likeness (QED) is 0.134. The van der Waals surface area contributed by atoms with Gasteiger partial charge in [-0.15, -0.1) is 21.5 Å². The third-order valence-electron chi connectivity index (χ3n) is 5.54. The van der Waals surface area contributed by atoms with Crippen molar-refractivity contribution < 1.29 is 14.5 Å². The second kappa shape index (κ2) is 11.3. The average Bonchev–Trinajstić information content (AvgIpc) is 3.48. The maximum Gasteiger partial charge on any atom is 0.276 e. The molecule has 0 spiro atoms. The van der Waals surface area contributed by atoms with E-state index in [0.29, 0.717) is 38.4 Å². The summed E-state index contributed by atoms with van der Waals surface area (Å²) in [6.07, 6.45) is 3.34. The number of thiophene rings is 1. The van der Waals surface area contributed by atoms with Gasteiger partial charge in [0, 0.05) is 22.6 Å². The topological polar surface area (TPSA) is 120 Å². The van der Waals surface area contributed by atoms with Crippen LogP contribution in [-0.2, 0) is 17.8 Å². The number of carbonyl (C=O) groups is 2. The number of nitro groups is 1. The predicted molar refractivity (Wildman–Crippen MR) is 142 cm³/mol. The van der Waals surface area contributed by atoms with Gasteiger partial charge in [0.05, 0.1) is 27.6 Å². The van der Waals surface area contributed by atoms with Gasteiger partial charge in [-0.2, -0.15) is 0 Å². The molecule has 0 unspecified atom stereocenters. The number of nitrogens with zero attached hydrogens (tertiary/aromatic N) is 4. The van der Waals surface area contributed by atoms with Crippen molar-refractivity contribution in [2.75, 3.05) is 0 Å². The van der Waals surface area contributed by atoms with Crippen LogP contribution in [-0.4, -0.2) is 31.4 Å². The van der Waals surface area contributed by atoms with Gasteiger partial charge in [-0.3, -0.25) is 24.3 Å². The van der Waals surface area contributed by atoms with Crippen LogP contribution in [0.2, 0.25) is 5.02 Å². The number of rotatable bonds is 9. The Bertz CT molecular complexity index is 1520. The lowest BCUT2D eigenvalue weighted by molar-refractivity contribution is -0.385. The van der Waals surface area contributed by atoms with Gasteiger partial charge in [0.2, 0.25) is 5.91 Å². The number of hydrogen-bond donors (Lipinski definition) is 1. The summed E-state index contributed by atoms with van der Waals surface area (Å²) >= 11 is 7.74. The Labute approximate surface area is 221 Å². The van der Waals surface area contributed by atoms with Gasteiger partial charge >= 0.3 is 0 Å². The number of hydrogen-bond acceptors (Lipinski definition) is 7. The summed E-state index contributed by atoms with van der Waals surface area (Å²) in [5.74, 6) is 0.310. The molecule has 2 aromatic heterocycles. The number of aryl methyl sites for hydroxylation is 2. The van der Waals surface area contributed by atoms with E-state index in [1.54, 1.807) is 54.0 Å². The van der Waals surface area contributed by atoms with Crippen molar-refractivity contribution in [3.63, 3.8) is 0 Å². The Morgan fingerprint density at radius 3 is 2.59 bits per heavy atom. The molecule has 0 radical (unpaired) electrons. The second-order valence-corrected chi connectivity index (χ2v) is 9.48. The van der Waals surface area contributed by atoms with Crippen LogP contribution in [0.3, 0.4) is 0 Å². The van der Waals surface area contributed by atoms with Crippen LogP contribution in [0.5, 0.6) is 0 Å². The first kappa shape index (κ1) is 25.9. The van der Waals surface area contributed by atoms with E-state index in [9.17, 15) is 19.7 Å². The highest BCUT2D eigenvalue weighted by atomic mass is 35.5. The smallest absolute Gasteiger partial charge is 0.276 e. The standard InChI is InChI=1S/C26H22ClN5O4S/c1-3-18-14-20(25(34)19-9-5-6-10-21(19)27)26(37-18)31-16(2)29-30-23(31)15-28-24(33)13-12-17-8-4-7-11-22(17)32(35)36/h4-14H,3,15H2,1-2H3,(H,28,33)/b13-12+. The highest BCUT2D eigenvalue weighted by Gasteiger charge is 2.24. The summed E-state index contributed by atoms with van der Waals surface area (Å²) in [4.78, 5) is 37.6. The fraction of sp³-hybridized carbons (Fsp3) is 0.154. The van der Waals surface area contributed by atoms with Crippen LogP contribution in [0.4, 0.5) is 5.69 Å². The molecular formula is C26H22ClN5O4S. The molecule has 11 heteroatoms. The largest absolute Gasteiger partial charge is 0.345 e. The van der Waals surface area contributed by atoms with Crippen LogP contribution in [0.1, 0.15) is 44.9 Å². The first-order valence-electron chi connectivity index (χ1n) is 11.3. The van der Waals surface area contributed by atoms with Crippen molar-refractivity contribution in [1.82, 2.24) is 20.1 Å². The zero-order valence-electron chi connectivity index (χ0n) is 20.0. The molecule has 0 fully saturated rings. The zero-order valence-corrected chi connectivity index (χ0v) is 21.5. The molecule has 0 bridgehead atoms. The lowest BCUT2D eigenvalue weighted by Crippen LogP contribution is -2.22. The third kappa shape index (κ3) is 5.65. The summed E-state index contributed by atoms with van der Waals surface area (Å²) in [5, 5.41) is 23.3. The molecule has 0 aliphatic heterocycles. The van der Waals surface area contributed by atoms with Crippen LogP contribution in [0.25, 0.3) is 11.1 Å². The molecule has 0 saturated carbocycles. The van der Waals surface area contributed by atoms with Gasteiger partial charge in [-0.1, -0.05) is 42.8 Å². The first-order valence-corrected chi connectivity index (χ1v) is 12.5. The molecule has 2 aromatic carbocycles. The van der Waals surface area contributed by atoms with Gasteiger partial charge in [0.15, 0.2) is 11.6 Å². The first-order chi connectivity index (χ1) is 17.8. The van der Waals surface area contributed by atoms with E-state index >= 15 is 0 Å². The molecule has 1 amide bonds. The van der Waals surface area contributed by atoms with Gasteiger partial charge in [0.1, 0.15) is 10.8 Å². The van der Waals surface area contributed by atoms with Crippen LogP contribution in [0, 0.1) is 17.0 Å².